The Morgan fingerprint density at radius 1 is 1.47 bits per heavy atom. The fourth-order valence-corrected chi connectivity index (χ4v) is 1.50. The van der Waals surface area contributed by atoms with E-state index in [4.69, 9.17) is 0 Å². The van der Waals surface area contributed by atoms with E-state index < -0.39 is 0 Å². The molecule has 6 nitrogen and oxygen atoms in total. The molecular formula is C8H15N5OS. The van der Waals surface area contributed by atoms with Crippen molar-refractivity contribution in [2.45, 2.75) is 0 Å². The van der Waals surface area contributed by atoms with E-state index in [1.165, 1.54) is 11.3 Å². The lowest BCUT2D eigenvalue weighted by Crippen LogP contribution is -2.31. The number of carbonyl (C=O) groups is 1. The van der Waals surface area contributed by atoms with Crippen molar-refractivity contribution in [2.24, 2.45) is 0 Å². The molecule has 1 aromatic rings. The zero-order chi connectivity index (χ0) is 11.3. The number of nitrogens with zero attached hydrogens (tertiary/aromatic N) is 3. The predicted octanol–water partition coefficient (Wildman–Crippen LogP) is -0.129. The van der Waals surface area contributed by atoms with Crippen molar-refractivity contribution in [3.63, 3.8) is 0 Å². The zero-order valence-corrected chi connectivity index (χ0v) is 9.89. The van der Waals surface area contributed by atoms with Crippen LogP contribution in [0, 0.1) is 0 Å². The van der Waals surface area contributed by atoms with Crippen LogP contribution in [0.25, 0.3) is 0 Å². The van der Waals surface area contributed by atoms with Gasteiger partial charge in [-0.25, -0.2) is 0 Å². The second-order valence-electron chi connectivity index (χ2n) is 3.22. The Morgan fingerprint density at radius 2 is 2.20 bits per heavy atom. The van der Waals surface area contributed by atoms with E-state index in [0.29, 0.717) is 16.7 Å². The minimum atomic E-state index is -0.171. The first-order valence-electron chi connectivity index (χ1n) is 4.57. The maximum absolute atomic E-state index is 11.5. The normalized spacial score (nSPS) is 10.4. The summed E-state index contributed by atoms with van der Waals surface area (Å²) in [6, 6.07) is 0. The van der Waals surface area contributed by atoms with Crippen molar-refractivity contribution in [1.29, 1.82) is 0 Å². The van der Waals surface area contributed by atoms with E-state index in [-0.39, 0.29) is 5.91 Å². The molecule has 0 aromatic carbocycles. The SMILES string of the molecule is CNc1nnc(C(=O)NCCN(C)C)s1. The van der Waals surface area contributed by atoms with E-state index in [1.54, 1.807) is 7.05 Å². The van der Waals surface area contributed by atoms with Crippen LogP contribution in [0.1, 0.15) is 9.80 Å². The van der Waals surface area contributed by atoms with Gasteiger partial charge in [0.1, 0.15) is 0 Å². The summed E-state index contributed by atoms with van der Waals surface area (Å²) < 4.78 is 0. The van der Waals surface area contributed by atoms with Crippen LogP contribution in [0.2, 0.25) is 0 Å². The number of nitrogens with one attached hydrogen (secondary N) is 2. The number of anilines is 1. The molecule has 84 valence electrons. The van der Waals surface area contributed by atoms with Crippen LogP contribution in [0.5, 0.6) is 0 Å². The summed E-state index contributed by atoms with van der Waals surface area (Å²) in [7, 11) is 5.65. The minimum Gasteiger partial charge on any atom is -0.363 e. The minimum absolute atomic E-state index is 0.171. The Bertz CT molecular complexity index is 325. The highest BCUT2D eigenvalue weighted by molar-refractivity contribution is 7.17. The average molecular weight is 229 g/mol. The zero-order valence-electron chi connectivity index (χ0n) is 9.07. The number of carbonyl (C=O) groups excluding carboxylic acids is 1. The maximum Gasteiger partial charge on any atom is 0.282 e. The topological polar surface area (TPSA) is 70.1 Å². The van der Waals surface area contributed by atoms with E-state index >= 15 is 0 Å². The van der Waals surface area contributed by atoms with Crippen LogP contribution >= 0.6 is 11.3 Å². The Hall–Kier alpha value is -1.21. The number of hydrogen-bond donors (Lipinski definition) is 2. The maximum atomic E-state index is 11.5. The van der Waals surface area contributed by atoms with Gasteiger partial charge >= 0.3 is 0 Å². The lowest BCUT2D eigenvalue weighted by molar-refractivity contribution is 0.0950. The van der Waals surface area contributed by atoms with E-state index in [1.807, 2.05) is 19.0 Å². The van der Waals surface area contributed by atoms with E-state index in [0.717, 1.165) is 6.54 Å². The summed E-state index contributed by atoms with van der Waals surface area (Å²) in [4.78, 5) is 13.5. The van der Waals surface area contributed by atoms with Crippen LogP contribution in [-0.2, 0) is 0 Å². The third-order valence-corrected chi connectivity index (χ3v) is 2.62. The molecule has 2 N–H and O–H groups in total. The van der Waals surface area contributed by atoms with Crippen molar-refractivity contribution < 1.29 is 4.79 Å². The second kappa shape index (κ2) is 5.62. The summed E-state index contributed by atoms with van der Waals surface area (Å²) >= 11 is 1.24. The molecule has 1 rings (SSSR count). The van der Waals surface area contributed by atoms with Crippen LogP contribution in [0.15, 0.2) is 0 Å². The average Bonchev–Trinajstić information content (AvgIpc) is 2.65. The van der Waals surface area contributed by atoms with Gasteiger partial charge in [0.2, 0.25) is 10.1 Å². The van der Waals surface area contributed by atoms with Crippen molar-refractivity contribution in [3.8, 4) is 0 Å². The fourth-order valence-electron chi connectivity index (χ4n) is 0.885. The molecule has 15 heavy (non-hydrogen) atoms. The third kappa shape index (κ3) is 3.80. The number of amides is 1. The summed E-state index contributed by atoms with van der Waals surface area (Å²) in [5, 5.41) is 14.2. The lowest BCUT2D eigenvalue weighted by Gasteiger charge is -2.08. The molecule has 0 saturated heterocycles. The van der Waals surface area contributed by atoms with Gasteiger partial charge in [-0.05, 0) is 14.1 Å². The molecule has 0 radical (unpaired) electrons. The molecule has 0 unspecified atom stereocenters. The van der Waals surface area contributed by atoms with Crippen molar-refractivity contribution in [3.05, 3.63) is 5.01 Å². The Kier molecular flexibility index (Phi) is 4.44. The summed E-state index contributed by atoms with van der Waals surface area (Å²) in [5.74, 6) is -0.171. The monoisotopic (exact) mass is 229 g/mol. The standard InChI is InChI=1S/C8H15N5OS/c1-9-8-12-11-7(15-8)6(14)10-4-5-13(2)3/h4-5H2,1-3H3,(H,9,12)(H,10,14). The van der Waals surface area contributed by atoms with Gasteiger partial charge in [-0.1, -0.05) is 11.3 Å². The van der Waals surface area contributed by atoms with E-state index in [2.05, 4.69) is 20.8 Å². The van der Waals surface area contributed by atoms with Gasteiger partial charge in [0.15, 0.2) is 0 Å². The molecule has 0 aliphatic heterocycles. The quantitative estimate of drug-likeness (QED) is 0.736. The van der Waals surface area contributed by atoms with Crippen LogP contribution < -0.4 is 10.6 Å². The number of rotatable bonds is 5. The van der Waals surface area contributed by atoms with Gasteiger partial charge in [-0.2, -0.15) is 0 Å². The lowest BCUT2D eigenvalue weighted by atomic mass is 10.5. The Balaban J connectivity index is 2.40. The molecule has 0 bridgehead atoms. The van der Waals surface area contributed by atoms with Crippen molar-refractivity contribution >= 4 is 22.4 Å². The second-order valence-corrected chi connectivity index (χ2v) is 4.20. The highest BCUT2D eigenvalue weighted by atomic mass is 32.1. The highest BCUT2D eigenvalue weighted by Crippen LogP contribution is 2.13. The number of likely N-dealkylation sites (N-methyl/N-ethyl adjacent to an activating group) is 1. The molecule has 1 heterocycles. The van der Waals surface area contributed by atoms with Crippen molar-refractivity contribution in [1.82, 2.24) is 20.4 Å². The van der Waals surface area contributed by atoms with Gasteiger partial charge in [0, 0.05) is 20.1 Å². The highest BCUT2D eigenvalue weighted by Gasteiger charge is 2.11. The first-order valence-corrected chi connectivity index (χ1v) is 5.39. The van der Waals surface area contributed by atoms with Gasteiger partial charge in [0.25, 0.3) is 5.91 Å². The molecule has 7 heteroatoms. The Morgan fingerprint density at radius 3 is 2.73 bits per heavy atom. The van der Waals surface area contributed by atoms with Gasteiger partial charge in [-0.3, -0.25) is 4.79 Å². The number of hydrogen-bond acceptors (Lipinski definition) is 6. The molecule has 0 spiro atoms. The third-order valence-electron chi connectivity index (χ3n) is 1.68. The van der Waals surface area contributed by atoms with E-state index in [9.17, 15) is 4.79 Å². The first-order chi connectivity index (χ1) is 7.13. The van der Waals surface area contributed by atoms with Crippen LogP contribution in [0.4, 0.5) is 5.13 Å². The molecule has 1 amide bonds. The van der Waals surface area contributed by atoms with Crippen molar-refractivity contribution in [2.75, 3.05) is 39.5 Å². The van der Waals surface area contributed by atoms with Crippen LogP contribution in [-0.4, -0.2) is 55.2 Å². The largest absolute Gasteiger partial charge is 0.363 e. The first kappa shape index (κ1) is 11.9. The summed E-state index contributed by atoms with van der Waals surface area (Å²) in [6.45, 7) is 1.42. The van der Waals surface area contributed by atoms with Gasteiger partial charge in [0.05, 0.1) is 0 Å². The summed E-state index contributed by atoms with van der Waals surface area (Å²) in [5.41, 5.74) is 0. The number of aromatic nitrogens is 2. The summed E-state index contributed by atoms with van der Waals surface area (Å²) in [6.07, 6.45) is 0. The molecule has 0 fully saturated rings. The fraction of sp³-hybridized carbons (Fsp3) is 0.625. The van der Waals surface area contributed by atoms with Gasteiger partial charge < -0.3 is 15.5 Å². The molecule has 0 saturated carbocycles. The smallest absolute Gasteiger partial charge is 0.282 e. The Labute approximate surface area is 92.7 Å². The van der Waals surface area contributed by atoms with Gasteiger partial charge in [-0.15, -0.1) is 10.2 Å². The molecule has 0 aliphatic rings. The molecular weight excluding hydrogens is 214 g/mol. The molecule has 1 aromatic heterocycles. The predicted molar refractivity (Wildman–Crippen MR) is 60.3 cm³/mol. The molecule has 0 aliphatic carbocycles. The van der Waals surface area contributed by atoms with Crippen LogP contribution in [0.3, 0.4) is 0 Å². The molecule has 0 atom stereocenters.